The number of hydrogen-bond donors (Lipinski definition) is 3. The van der Waals surface area contributed by atoms with Gasteiger partial charge in [0.25, 0.3) is 0 Å². The van der Waals surface area contributed by atoms with Crippen molar-refractivity contribution in [3.05, 3.63) is 16.3 Å². The van der Waals surface area contributed by atoms with Crippen molar-refractivity contribution in [3.63, 3.8) is 0 Å². The number of aromatic amines is 2. The third-order valence-corrected chi connectivity index (χ3v) is 2.80. The van der Waals surface area contributed by atoms with Crippen molar-refractivity contribution in [2.75, 3.05) is 39.3 Å². The van der Waals surface area contributed by atoms with Crippen molar-refractivity contribution in [1.82, 2.24) is 25.0 Å². The van der Waals surface area contributed by atoms with Crippen molar-refractivity contribution in [1.29, 1.82) is 0 Å². The standard InChI is InChI=1S/C9H17N5O2/c15-6-5-13-1-3-14(4-2-13)7-8-10-9(16)12-11-8/h15H,1-7H2,(H2,10,11,12,16). The van der Waals surface area contributed by atoms with E-state index in [1.54, 1.807) is 0 Å². The monoisotopic (exact) mass is 227 g/mol. The van der Waals surface area contributed by atoms with E-state index in [-0.39, 0.29) is 12.3 Å². The molecule has 90 valence electrons. The Hall–Kier alpha value is -1.18. The molecular formula is C9H17N5O2. The minimum Gasteiger partial charge on any atom is -0.395 e. The molecule has 0 bridgehead atoms. The van der Waals surface area contributed by atoms with Crippen molar-refractivity contribution in [2.24, 2.45) is 0 Å². The highest BCUT2D eigenvalue weighted by molar-refractivity contribution is 4.82. The van der Waals surface area contributed by atoms with Gasteiger partial charge in [0.15, 0.2) is 0 Å². The van der Waals surface area contributed by atoms with E-state index in [1.807, 2.05) is 0 Å². The number of hydrogen-bond acceptors (Lipinski definition) is 5. The maximum absolute atomic E-state index is 10.8. The topological polar surface area (TPSA) is 88.2 Å². The van der Waals surface area contributed by atoms with Crippen LogP contribution >= 0.6 is 0 Å². The van der Waals surface area contributed by atoms with Crippen molar-refractivity contribution >= 4 is 0 Å². The lowest BCUT2D eigenvalue weighted by Crippen LogP contribution is -2.46. The number of aliphatic hydroxyl groups is 1. The average Bonchev–Trinajstić information content (AvgIpc) is 2.67. The summed E-state index contributed by atoms with van der Waals surface area (Å²) in [5, 5.41) is 15.0. The van der Waals surface area contributed by atoms with E-state index in [1.165, 1.54) is 0 Å². The number of aliphatic hydroxyl groups excluding tert-OH is 1. The second kappa shape index (κ2) is 5.24. The smallest absolute Gasteiger partial charge is 0.340 e. The Balaban J connectivity index is 1.79. The van der Waals surface area contributed by atoms with Crippen LogP contribution in [0.4, 0.5) is 0 Å². The van der Waals surface area contributed by atoms with E-state index in [2.05, 4.69) is 25.0 Å². The van der Waals surface area contributed by atoms with Crippen LogP contribution in [0.1, 0.15) is 5.82 Å². The van der Waals surface area contributed by atoms with Crippen LogP contribution in [0.3, 0.4) is 0 Å². The third-order valence-electron chi connectivity index (χ3n) is 2.80. The molecule has 0 spiro atoms. The molecule has 0 radical (unpaired) electrons. The maximum atomic E-state index is 10.8. The highest BCUT2D eigenvalue weighted by Gasteiger charge is 2.17. The van der Waals surface area contributed by atoms with Gasteiger partial charge in [0.05, 0.1) is 13.2 Å². The number of piperazine rings is 1. The van der Waals surface area contributed by atoms with Crippen molar-refractivity contribution in [2.45, 2.75) is 6.54 Å². The number of rotatable bonds is 4. The summed E-state index contributed by atoms with van der Waals surface area (Å²) in [5.74, 6) is 0.681. The predicted molar refractivity (Wildman–Crippen MR) is 58.0 cm³/mol. The summed E-state index contributed by atoms with van der Waals surface area (Å²) in [6.45, 7) is 5.42. The van der Waals surface area contributed by atoms with Crippen LogP contribution in [0.25, 0.3) is 0 Å². The second-order valence-electron chi connectivity index (χ2n) is 3.97. The van der Waals surface area contributed by atoms with E-state index >= 15 is 0 Å². The van der Waals surface area contributed by atoms with Gasteiger partial charge in [0.2, 0.25) is 0 Å². The fourth-order valence-electron chi connectivity index (χ4n) is 1.90. The van der Waals surface area contributed by atoms with Gasteiger partial charge in [-0.25, -0.2) is 9.89 Å². The minimum absolute atomic E-state index is 0.215. The Labute approximate surface area is 93.1 Å². The van der Waals surface area contributed by atoms with Gasteiger partial charge in [-0.15, -0.1) is 0 Å². The molecule has 1 aliphatic heterocycles. The van der Waals surface area contributed by atoms with Crippen molar-refractivity contribution < 1.29 is 5.11 Å². The molecule has 0 aromatic carbocycles. The Kier molecular flexibility index (Phi) is 3.70. The molecule has 0 amide bonds. The van der Waals surface area contributed by atoms with E-state index in [4.69, 9.17) is 5.11 Å². The van der Waals surface area contributed by atoms with Gasteiger partial charge < -0.3 is 5.11 Å². The lowest BCUT2D eigenvalue weighted by Gasteiger charge is -2.33. The first-order chi connectivity index (χ1) is 7.78. The highest BCUT2D eigenvalue weighted by atomic mass is 16.3. The van der Waals surface area contributed by atoms with E-state index < -0.39 is 0 Å². The zero-order valence-corrected chi connectivity index (χ0v) is 9.15. The Bertz CT molecular complexity index is 366. The molecule has 1 fully saturated rings. The molecule has 3 N–H and O–H groups in total. The molecule has 0 aliphatic carbocycles. The molecule has 1 aliphatic rings. The highest BCUT2D eigenvalue weighted by Crippen LogP contribution is 2.03. The molecule has 0 saturated carbocycles. The molecule has 1 aromatic heterocycles. The first-order valence-corrected chi connectivity index (χ1v) is 5.47. The summed E-state index contributed by atoms with van der Waals surface area (Å²) in [4.78, 5) is 17.9. The summed E-state index contributed by atoms with van der Waals surface area (Å²) in [6.07, 6.45) is 0. The Morgan fingerprint density at radius 1 is 1.25 bits per heavy atom. The first-order valence-electron chi connectivity index (χ1n) is 5.47. The van der Waals surface area contributed by atoms with Crippen LogP contribution in [0, 0.1) is 0 Å². The van der Waals surface area contributed by atoms with Crippen LogP contribution in [0.2, 0.25) is 0 Å². The largest absolute Gasteiger partial charge is 0.395 e. The van der Waals surface area contributed by atoms with Gasteiger partial charge >= 0.3 is 5.69 Å². The van der Waals surface area contributed by atoms with Gasteiger partial charge in [-0.3, -0.25) is 14.8 Å². The van der Waals surface area contributed by atoms with E-state index in [0.717, 1.165) is 32.7 Å². The minimum atomic E-state index is -0.256. The van der Waals surface area contributed by atoms with Crippen LogP contribution in [0.5, 0.6) is 0 Å². The van der Waals surface area contributed by atoms with Crippen LogP contribution in [0.15, 0.2) is 4.79 Å². The van der Waals surface area contributed by atoms with Gasteiger partial charge in [-0.1, -0.05) is 0 Å². The Morgan fingerprint density at radius 2 is 1.94 bits per heavy atom. The van der Waals surface area contributed by atoms with Gasteiger partial charge in [-0.2, -0.15) is 5.10 Å². The molecule has 2 heterocycles. The summed E-state index contributed by atoms with van der Waals surface area (Å²) in [7, 11) is 0. The number of β-amino-alcohol motifs (C(OH)–C–C–N with tert-alkyl or cyclic N) is 1. The molecule has 16 heavy (non-hydrogen) atoms. The number of nitrogens with zero attached hydrogens (tertiary/aromatic N) is 3. The fraction of sp³-hybridized carbons (Fsp3) is 0.778. The van der Waals surface area contributed by atoms with Gasteiger partial charge in [0.1, 0.15) is 5.82 Å². The molecule has 2 rings (SSSR count). The fourth-order valence-corrected chi connectivity index (χ4v) is 1.90. The molecule has 1 aromatic rings. The van der Waals surface area contributed by atoms with E-state index in [0.29, 0.717) is 12.4 Å². The quantitative estimate of drug-likeness (QED) is 0.565. The van der Waals surface area contributed by atoms with E-state index in [9.17, 15) is 4.79 Å². The zero-order valence-electron chi connectivity index (χ0n) is 9.15. The Morgan fingerprint density at radius 3 is 2.50 bits per heavy atom. The third kappa shape index (κ3) is 2.91. The number of H-pyrrole nitrogens is 2. The molecule has 7 nitrogen and oxygen atoms in total. The zero-order chi connectivity index (χ0) is 11.4. The summed E-state index contributed by atoms with van der Waals surface area (Å²) in [6, 6.07) is 0. The molecule has 0 atom stereocenters. The van der Waals surface area contributed by atoms with Gasteiger partial charge in [-0.05, 0) is 0 Å². The summed E-state index contributed by atoms with van der Waals surface area (Å²) < 4.78 is 0. The van der Waals surface area contributed by atoms with Crippen LogP contribution in [-0.4, -0.2) is 69.4 Å². The maximum Gasteiger partial charge on any atom is 0.340 e. The van der Waals surface area contributed by atoms with Crippen LogP contribution in [-0.2, 0) is 6.54 Å². The second-order valence-corrected chi connectivity index (χ2v) is 3.97. The molecule has 7 heteroatoms. The van der Waals surface area contributed by atoms with Gasteiger partial charge in [0, 0.05) is 32.7 Å². The average molecular weight is 227 g/mol. The normalized spacial score (nSPS) is 19.1. The summed E-state index contributed by atoms with van der Waals surface area (Å²) >= 11 is 0. The molecule has 0 unspecified atom stereocenters. The lowest BCUT2D eigenvalue weighted by molar-refractivity contribution is 0.107. The van der Waals surface area contributed by atoms with Crippen molar-refractivity contribution in [3.8, 4) is 0 Å². The first kappa shape index (κ1) is 11.3. The number of aromatic nitrogens is 3. The SMILES string of the molecule is O=c1[nH]nc(CN2CCN(CCO)CC2)[nH]1. The number of nitrogens with one attached hydrogen (secondary N) is 2. The van der Waals surface area contributed by atoms with Crippen LogP contribution < -0.4 is 5.69 Å². The molecular weight excluding hydrogens is 210 g/mol. The summed E-state index contributed by atoms with van der Waals surface area (Å²) in [5.41, 5.74) is -0.256. The predicted octanol–water partition coefficient (Wildman–Crippen LogP) is -1.79. The molecule has 1 saturated heterocycles. The lowest BCUT2D eigenvalue weighted by atomic mass is 10.3.